The van der Waals surface area contributed by atoms with Crippen LogP contribution in [0, 0.1) is 0 Å². The number of hydrogen-bond acceptors (Lipinski definition) is 4. The zero-order valence-corrected chi connectivity index (χ0v) is 16.3. The fraction of sp³-hybridized carbons (Fsp3) is 0.217. The molecule has 0 radical (unpaired) electrons. The zero-order valence-electron chi connectivity index (χ0n) is 16.3. The fourth-order valence-corrected chi connectivity index (χ4v) is 3.01. The van der Waals surface area contributed by atoms with Crippen molar-refractivity contribution < 1.29 is 14.7 Å². The van der Waals surface area contributed by atoms with Gasteiger partial charge in [0.1, 0.15) is 6.10 Å². The maximum atomic E-state index is 12.0. The number of nitrogens with two attached hydrogens (primary N) is 1. The number of benzene rings is 2. The van der Waals surface area contributed by atoms with E-state index in [-0.39, 0.29) is 0 Å². The lowest BCUT2D eigenvalue weighted by Gasteiger charge is -2.27. The summed E-state index contributed by atoms with van der Waals surface area (Å²) in [4.78, 5) is 21.8. The summed E-state index contributed by atoms with van der Waals surface area (Å²) in [5.74, 6) is 0. The summed E-state index contributed by atoms with van der Waals surface area (Å²) in [6.45, 7) is 1.71. The molecule has 6 heteroatoms. The Labute approximate surface area is 170 Å². The molecule has 0 aliphatic rings. The number of carbonyl (C=O) groups excluding carboxylic acids is 1. The summed E-state index contributed by atoms with van der Waals surface area (Å²) in [6.07, 6.45) is 3.21. The second-order valence-electron chi connectivity index (χ2n) is 6.83. The van der Waals surface area contributed by atoms with Gasteiger partial charge in [0, 0.05) is 12.4 Å². The van der Waals surface area contributed by atoms with Crippen LogP contribution in [0.2, 0.25) is 0 Å². The molecule has 0 saturated carbocycles. The lowest BCUT2D eigenvalue weighted by atomic mass is 10.1. The van der Waals surface area contributed by atoms with Gasteiger partial charge in [-0.1, -0.05) is 48.5 Å². The second-order valence-corrected chi connectivity index (χ2v) is 6.83. The Bertz CT molecular complexity index is 919. The molecule has 0 aliphatic heterocycles. The van der Waals surface area contributed by atoms with E-state index in [1.807, 2.05) is 60.7 Å². The summed E-state index contributed by atoms with van der Waals surface area (Å²) in [6, 6.07) is 20.2. The van der Waals surface area contributed by atoms with Gasteiger partial charge in [0.25, 0.3) is 0 Å². The molecule has 2 unspecified atom stereocenters. The first-order valence-corrected chi connectivity index (χ1v) is 9.53. The van der Waals surface area contributed by atoms with Gasteiger partial charge in [0.2, 0.25) is 0 Å². The smallest absolute Gasteiger partial charge is 0.343 e. The Morgan fingerprint density at radius 1 is 1.10 bits per heavy atom. The normalized spacial score (nSPS) is 12.9. The number of urea groups is 1. The van der Waals surface area contributed by atoms with E-state index in [2.05, 4.69) is 4.98 Å². The van der Waals surface area contributed by atoms with Crippen LogP contribution in [0.25, 0.3) is 11.1 Å². The Morgan fingerprint density at radius 3 is 2.55 bits per heavy atom. The Kier molecular flexibility index (Phi) is 6.94. The van der Waals surface area contributed by atoms with Crippen molar-refractivity contribution in [1.82, 2.24) is 4.98 Å². The van der Waals surface area contributed by atoms with E-state index in [9.17, 15) is 9.90 Å². The number of pyridine rings is 1. The highest BCUT2D eigenvalue weighted by atomic mass is 16.7. The van der Waals surface area contributed by atoms with Crippen LogP contribution >= 0.6 is 0 Å². The molecule has 0 saturated heterocycles. The van der Waals surface area contributed by atoms with Gasteiger partial charge >= 0.3 is 6.03 Å². The number of nitrogens with zero attached hydrogens (tertiary/aromatic N) is 2. The molecule has 0 aliphatic carbocycles. The number of aryl methyl sites for hydroxylation is 1. The van der Waals surface area contributed by atoms with Crippen LogP contribution in [-0.4, -0.2) is 28.3 Å². The number of rotatable bonds is 8. The summed E-state index contributed by atoms with van der Waals surface area (Å²) < 4.78 is 0. The van der Waals surface area contributed by atoms with Crippen LogP contribution in [-0.2, 0) is 11.3 Å². The predicted octanol–water partition coefficient (Wildman–Crippen LogP) is 3.95. The number of aliphatic hydroxyl groups excluding tert-OH is 1. The first kappa shape index (κ1) is 20.5. The average molecular weight is 391 g/mol. The average Bonchev–Trinajstić information content (AvgIpc) is 2.76. The number of carbonyl (C=O) groups is 1. The SMILES string of the molecule is CC(ON(C(N)=O)c1cccc(-c2ccccc2)c1)C(O)CCc1cccnc1. The summed E-state index contributed by atoms with van der Waals surface area (Å²) in [7, 11) is 0. The number of anilines is 1. The molecule has 3 aromatic rings. The lowest BCUT2D eigenvalue weighted by Crippen LogP contribution is -2.42. The van der Waals surface area contributed by atoms with E-state index in [0.29, 0.717) is 18.5 Å². The van der Waals surface area contributed by atoms with Crippen molar-refractivity contribution in [2.24, 2.45) is 5.73 Å². The van der Waals surface area contributed by atoms with Crippen LogP contribution < -0.4 is 10.8 Å². The van der Waals surface area contributed by atoms with E-state index in [0.717, 1.165) is 21.8 Å². The maximum Gasteiger partial charge on any atom is 0.343 e. The first-order chi connectivity index (χ1) is 14.0. The van der Waals surface area contributed by atoms with Crippen molar-refractivity contribution in [2.45, 2.75) is 32.0 Å². The van der Waals surface area contributed by atoms with Crippen LogP contribution in [0.15, 0.2) is 79.1 Å². The van der Waals surface area contributed by atoms with Gasteiger partial charge in [0.05, 0.1) is 11.8 Å². The Balaban J connectivity index is 1.69. The Morgan fingerprint density at radius 2 is 1.86 bits per heavy atom. The molecule has 2 atom stereocenters. The van der Waals surface area contributed by atoms with Gasteiger partial charge in [-0.3, -0.25) is 9.82 Å². The monoisotopic (exact) mass is 391 g/mol. The van der Waals surface area contributed by atoms with Crippen LogP contribution in [0.5, 0.6) is 0 Å². The van der Waals surface area contributed by atoms with Crippen molar-refractivity contribution in [2.75, 3.05) is 5.06 Å². The van der Waals surface area contributed by atoms with Crippen molar-refractivity contribution in [3.63, 3.8) is 0 Å². The van der Waals surface area contributed by atoms with Crippen LogP contribution in [0.4, 0.5) is 10.5 Å². The van der Waals surface area contributed by atoms with Gasteiger partial charge in [0.15, 0.2) is 0 Å². The standard InChI is InChI=1S/C23H25N3O3/c1-17(22(27)13-12-18-7-6-14-25-16-18)29-26(23(24)28)21-11-5-10-20(15-21)19-8-3-2-4-9-19/h2-11,14-17,22,27H,12-13H2,1H3,(H2,24,28). The number of aliphatic hydroxyl groups is 1. The minimum absolute atomic E-state index is 0.476. The highest BCUT2D eigenvalue weighted by molar-refractivity contribution is 5.89. The minimum atomic E-state index is -0.769. The molecule has 6 nitrogen and oxygen atoms in total. The zero-order chi connectivity index (χ0) is 20.6. The number of hydrogen-bond donors (Lipinski definition) is 2. The highest BCUT2D eigenvalue weighted by Crippen LogP contribution is 2.25. The molecule has 150 valence electrons. The summed E-state index contributed by atoms with van der Waals surface area (Å²) in [5, 5.41) is 11.5. The van der Waals surface area contributed by atoms with Gasteiger partial charge < -0.3 is 10.8 Å². The third-order valence-corrected chi connectivity index (χ3v) is 4.65. The molecule has 1 aromatic heterocycles. The van der Waals surface area contributed by atoms with Gasteiger partial charge in [-0.2, -0.15) is 5.06 Å². The molecule has 2 amide bonds. The first-order valence-electron chi connectivity index (χ1n) is 9.53. The number of amides is 2. The van der Waals surface area contributed by atoms with Gasteiger partial charge in [-0.15, -0.1) is 0 Å². The molecule has 0 spiro atoms. The minimum Gasteiger partial charge on any atom is -0.390 e. The van der Waals surface area contributed by atoms with Crippen molar-refractivity contribution in [3.05, 3.63) is 84.7 Å². The molecule has 29 heavy (non-hydrogen) atoms. The molecule has 3 N–H and O–H groups in total. The molecule has 0 bridgehead atoms. The fourth-order valence-electron chi connectivity index (χ4n) is 3.01. The molecular weight excluding hydrogens is 366 g/mol. The van der Waals surface area contributed by atoms with Crippen molar-refractivity contribution >= 4 is 11.7 Å². The van der Waals surface area contributed by atoms with E-state index < -0.39 is 18.2 Å². The number of primary amides is 1. The lowest BCUT2D eigenvalue weighted by molar-refractivity contribution is -0.0313. The highest BCUT2D eigenvalue weighted by Gasteiger charge is 2.22. The number of aromatic nitrogens is 1. The van der Waals surface area contributed by atoms with Gasteiger partial charge in [-0.05, 0) is 54.7 Å². The topological polar surface area (TPSA) is 88.7 Å². The van der Waals surface area contributed by atoms with E-state index >= 15 is 0 Å². The van der Waals surface area contributed by atoms with E-state index in [1.54, 1.807) is 25.4 Å². The molecule has 0 fully saturated rings. The second kappa shape index (κ2) is 9.82. The largest absolute Gasteiger partial charge is 0.390 e. The quantitative estimate of drug-likeness (QED) is 0.569. The van der Waals surface area contributed by atoms with E-state index in [1.165, 1.54) is 0 Å². The van der Waals surface area contributed by atoms with Crippen molar-refractivity contribution in [1.29, 1.82) is 0 Å². The molecular formula is C23H25N3O3. The molecule has 2 aromatic carbocycles. The molecule has 1 heterocycles. The third kappa shape index (κ3) is 5.63. The third-order valence-electron chi connectivity index (χ3n) is 4.65. The predicted molar refractivity (Wildman–Crippen MR) is 113 cm³/mol. The summed E-state index contributed by atoms with van der Waals surface area (Å²) >= 11 is 0. The number of hydroxylamine groups is 1. The Hall–Kier alpha value is -3.22. The van der Waals surface area contributed by atoms with E-state index in [4.69, 9.17) is 10.6 Å². The maximum absolute atomic E-state index is 12.0. The van der Waals surface area contributed by atoms with Crippen LogP contribution in [0.1, 0.15) is 18.9 Å². The van der Waals surface area contributed by atoms with Gasteiger partial charge in [-0.25, -0.2) is 4.79 Å². The van der Waals surface area contributed by atoms with Crippen LogP contribution in [0.3, 0.4) is 0 Å². The van der Waals surface area contributed by atoms with Crippen molar-refractivity contribution in [3.8, 4) is 11.1 Å². The molecule has 3 rings (SSSR count). The summed E-state index contributed by atoms with van der Waals surface area (Å²) in [5.41, 5.74) is 9.03.